The van der Waals surface area contributed by atoms with E-state index in [1.54, 1.807) is 0 Å². The minimum Gasteiger partial charge on any atom is -0.462 e. The zero-order chi connectivity index (χ0) is 17.9. The van der Waals surface area contributed by atoms with Crippen molar-refractivity contribution in [3.05, 3.63) is 0 Å². The molecular formula is C22H42O2. The van der Waals surface area contributed by atoms with Gasteiger partial charge in [0.1, 0.15) is 6.10 Å². The van der Waals surface area contributed by atoms with Crippen LogP contribution in [0.3, 0.4) is 0 Å². The van der Waals surface area contributed by atoms with Crippen molar-refractivity contribution >= 4 is 5.97 Å². The van der Waals surface area contributed by atoms with Crippen LogP contribution >= 0.6 is 0 Å². The van der Waals surface area contributed by atoms with E-state index in [-0.39, 0.29) is 18.0 Å². The Hall–Kier alpha value is -0.530. The van der Waals surface area contributed by atoms with Crippen LogP contribution in [0.5, 0.6) is 0 Å². The number of hydrogen-bond acceptors (Lipinski definition) is 2. The monoisotopic (exact) mass is 338 g/mol. The number of carbonyl (C=O) groups excluding carboxylic acids is 1. The molecule has 0 aromatic rings. The third-order valence-corrected chi connectivity index (χ3v) is 5.85. The molecule has 4 atom stereocenters. The Balaban J connectivity index is 2.52. The van der Waals surface area contributed by atoms with Gasteiger partial charge in [-0.3, -0.25) is 4.79 Å². The largest absolute Gasteiger partial charge is 0.462 e. The quantitative estimate of drug-likeness (QED) is 0.307. The molecule has 2 nitrogen and oxygen atoms in total. The molecule has 0 N–H and O–H groups in total. The van der Waals surface area contributed by atoms with Crippen LogP contribution in [0.25, 0.3) is 0 Å². The van der Waals surface area contributed by atoms with E-state index in [4.69, 9.17) is 4.74 Å². The zero-order valence-electron chi connectivity index (χ0n) is 17.0. The molecule has 4 unspecified atom stereocenters. The Morgan fingerprint density at radius 3 is 2.33 bits per heavy atom. The molecular weight excluding hydrogens is 296 g/mol. The number of rotatable bonds is 11. The SMILES string of the molecule is CCCCCCCC(CCC)OC(=O)C1CC(C)CCC1C(C)C. The van der Waals surface area contributed by atoms with Crippen molar-refractivity contribution < 1.29 is 9.53 Å². The highest BCUT2D eigenvalue weighted by atomic mass is 16.5. The first-order valence-corrected chi connectivity index (χ1v) is 10.7. The predicted molar refractivity (Wildman–Crippen MR) is 103 cm³/mol. The molecule has 0 spiro atoms. The Labute approximate surface area is 151 Å². The number of carbonyl (C=O) groups is 1. The van der Waals surface area contributed by atoms with Gasteiger partial charge in [-0.2, -0.15) is 0 Å². The maximum Gasteiger partial charge on any atom is 0.309 e. The van der Waals surface area contributed by atoms with Crippen LogP contribution in [0.15, 0.2) is 0 Å². The van der Waals surface area contributed by atoms with Crippen molar-refractivity contribution in [1.82, 2.24) is 0 Å². The van der Waals surface area contributed by atoms with Gasteiger partial charge in [0, 0.05) is 0 Å². The van der Waals surface area contributed by atoms with Crippen molar-refractivity contribution in [2.75, 3.05) is 0 Å². The third-order valence-electron chi connectivity index (χ3n) is 5.85. The van der Waals surface area contributed by atoms with E-state index < -0.39 is 0 Å². The van der Waals surface area contributed by atoms with Crippen molar-refractivity contribution in [2.45, 2.75) is 111 Å². The number of hydrogen-bond donors (Lipinski definition) is 0. The fourth-order valence-corrected chi connectivity index (χ4v) is 4.28. The maximum atomic E-state index is 12.9. The van der Waals surface area contributed by atoms with Crippen LogP contribution in [0.1, 0.15) is 105 Å². The second-order valence-corrected chi connectivity index (χ2v) is 8.48. The molecule has 0 bridgehead atoms. The van der Waals surface area contributed by atoms with Crippen LogP contribution in [0, 0.1) is 23.7 Å². The highest BCUT2D eigenvalue weighted by molar-refractivity contribution is 5.73. The van der Waals surface area contributed by atoms with Crippen LogP contribution in [-0.2, 0) is 9.53 Å². The van der Waals surface area contributed by atoms with E-state index >= 15 is 0 Å². The van der Waals surface area contributed by atoms with Crippen molar-refractivity contribution in [3.63, 3.8) is 0 Å². The van der Waals surface area contributed by atoms with Gasteiger partial charge in [0.15, 0.2) is 0 Å². The molecule has 0 aromatic heterocycles. The fourth-order valence-electron chi connectivity index (χ4n) is 4.28. The summed E-state index contributed by atoms with van der Waals surface area (Å²) in [7, 11) is 0. The van der Waals surface area contributed by atoms with Crippen molar-refractivity contribution in [3.8, 4) is 0 Å². The van der Waals surface area contributed by atoms with Crippen LogP contribution in [0.4, 0.5) is 0 Å². The number of ether oxygens (including phenoxy) is 1. The van der Waals surface area contributed by atoms with E-state index in [1.165, 1.54) is 44.9 Å². The molecule has 142 valence electrons. The summed E-state index contributed by atoms with van der Waals surface area (Å²) in [4.78, 5) is 12.9. The van der Waals surface area contributed by atoms with Gasteiger partial charge in [0.2, 0.25) is 0 Å². The second kappa shape index (κ2) is 11.9. The lowest BCUT2D eigenvalue weighted by Gasteiger charge is -2.36. The normalized spacial score (nSPS) is 25.7. The minimum atomic E-state index is 0.104. The molecule has 1 saturated carbocycles. The van der Waals surface area contributed by atoms with E-state index in [9.17, 15) is 4.79 Å². The van der Waals surface area contributed by atoms with Gasteiger partial charge in [0.05, 0.1) is 5.92 Å². The molecule has 0 aliphatic heterocycles. The number of esters is 1. The first-order chi connectivity index (χ1) is 11.5. The van der Waals surface area contributed by atoms with E-state index in [0.29, 0.717) is 17.8 Å². The first-order valence-electron chi connectivity index (χ1n) is 10.7. The molecule has 0 saturated heterocycles. The molecule has 0 aromatic carbocycles. The molecule has 2 heteroatoms. The lowest BCUT2D eigenvalue weighted by Crippen LogP contribution is -2.36. The van der Waals surface area contributed by atoms with E-state index in [2.05, 4.69) is 34.6 Å². The minimum absolute atomic E-state index is 0.104. The molecule has 0 radical (unpaired) electrons. The van der Waals surface area contributed by atoms with Gasteiger partial charge < -0.3 is 4.74 Å². The van der Waals surface area contributed by atoms with Crippen LogP contribution in [0.2, 0.25) is 0 Å². The Morgan fingerprint density at radius 1 is 1.00 bits per heavy atom. The third kappa shape index (κ3) is 7.57. The van der Waals surface area contributed by atoms with Gasteiger partial charge in [-0.05, 0) is 49.9 Å². The lowest BCUT2D eigenvalue weighted by atomic mass is 9.70. The Kier molecular flexibility index (Phi) is 10.7. The molecule has 0 heterocycles. The van der Waals surface area contributed by atoms with Gasteiger partial charge in [-0.15, -0.1) is 0 Å². The molecule has 1 fully saturated rings. The average molecular weight is 339 g/mol. The van der Waals surface area contributed by atoms with Gasteiger partial charge >= 0.3 is 5.97 Å². The predicted octanol–water partition coefficient (Wildman–Crippen LogP) is 6.77. The van der Waals surface area contributed by atoms with Crippen molar-refractivity contribution in [2.24, 2.45) is 23.7 Å². The second-order valence-electron chi connectivity index (χ2n) is 8.48. The van der Waals surface area contributed by atoms with E-state index in [0.717, 1.165) is 25.7 Å². The van der Waals surface area contributed by atoms with Crippen molar-refractivity contribution in [1.29, 1.82) is 0 Å². The molecule has 1 aliphatic rings. The van der Waals surface area contributed by atoms with Crippen LogP contribution in [-0.4, -0.2) is 12.1 Å². The highest BCUT2D eigenvalue weighted by Gasteiger charge is 2.37. The van der Waals surface area contributed by atoms with Gasteiger partial charge in [0.25, 0.3) is 0 Å². The fraction of sp³-hybridized carbons (Fsp3) is 0.955. The Bertz CT molecular complexity index is 337. The summed E-state index contributed by atoms with van der Waals surface area (Å²) in [6, 6.07) is 0. The summed E-state index contributed by atoms with van der Waals surface area (Å²) < 4.78 is 6.03. The highest BCUT2D eigenvalue weighted by Crippen LogP contribution is 2.39. The zero-order valence-corrected chi connectivity index (χ0v) is 17.0. The van der Waals surface area contributed by atoms with Gasteiger partial charge in [-0.1, -0.05) is 73.1 Å². The molecule has 24 heavy (non-hydrogen) atoms. The molecule has 1 aliphatic carbocycles. The lowest BCUT2D eigenvalue weighted by molar-refractivity contribution is -0.159. The standard InChI is InChI=1S/C22H42O2/c1-6-8-9-10-11-13-19(12-7-2)24-22(23)21-16-18(5)14-15-20(21)17(3)4/h17-21H,6-16H2,1-5H3. The van der Waals surface area contributed by atoms with Gasteiger partial charge in [-0.25, -0.2) is 0 Å². The summed E-state index contributed by atoms with van der Waals surface area (Å²) in [5.74, 6) is 1.99. The number of unbranched alkanes of at least 4 members (excludes halogenated alkanes) is 4. The molecule has 1 rings (SSSR count). The van der Waals surface area contributed by atoms with Crippen LogP contribution < -0.4 is 0 Å². The molecule has 0 amide bonds. The summed E-state index contributed by atoms with van der Waals surface area (Å²) in [5, 5.41) is 0. The van der Waals surface area contributed by atoms with E-state index in [1.807, 2.05) is 0 Å². The summed E-state index contributed by atoms with van der Waals surface area (Å²) in [6.45, 7) is 11.2. The smallest absolute Gasteiger partial charge is 0.309 e. The summed E-state index contributed by atoms with van der Waals surface area (Å²) in [6.07, 6.45) is 13.2. The first kappa shape index (κ1) is 21.5. The Morgan fingerprint density at radius 2 is 1.71 bits per heavy atom. The summed E-state index contributed by atoms with van der Waals surface area (Å²) >= 11 is 0. The maximum absolute atomic E-state index is 12.9. The topological polar surface area (TPSA) is 26.3 Å². The average Bonchev–Trinajstić information content (AvgIpc) is 2.54. The summed E-state index contributed by atoms with van der Waals surface area (Å²) in [5.41, 5.74) is 0.